The summed E-state index contributed by atoms with van der Waals surface area (Å²) in [7, 11) is 0. The zero-order valence-electron chi connectivity index (χ0n) is 14.4. The molecule has 1 aromatic heterocycles. The number of hydrogen-bond donors (Lipinski definition) is 0. The second-order valence-electron chi connectivity index (χ2n) is 6.53. The molecule has 1 unspecified atom stereocenters. The Balaban J connectivity index is 1.51. The van der Waals surface area contributed by atoms with Gasteiger partial charge >= 0.3 is 0 Å². The molecule has 1 aliphatic rings. The van der Waals surface area contributed by atoms with Crippen LogP contribution in [0.1, 0.15) is 35.0 Å². The second-order valence-corrected chi connectivity index (χ2v) is 6.53. The number of carbonyl (C=O) groups excluding carboxylic acids is 1. The average molecular weight is 369 g/mol. The fourth-order valence-corrected chi connectivity index (χ4v) is 3.29. The number of benzene rings is 2. The van der Waals surface area contributed by atoms with Crippen LogP contribution in [0.25, 0.3) is 11.4 Å². The zero-order chi connectivity index (χ0) is 18.8. The van der Waals surface area contributed by atoms with Crippen LogP contribution in [-0.2, 0) is 0 Å². The van der Waals surface area contributed by atoms with E-state index in [0.29, 0.717) is 24.5 Å². The van der Waals surface area contributed by atoms with E-state index in [1.54, 1.807) is 23.1 Å². The maximum Gasteiger partial charge on any atom is 0.253 e. The molecule has 2 heterocycles. The number of aromatic nitrogens is 2. The third-order valence-electron chi connectivity index (χ3n) is 4.71. The number of hydrogen-bond acceptors (Lipinski definition) is 4. The smallest absolute Gasteiger partial charge is 0.253 e. The maximum absolute atomic E-state index is 13.9. The molecule has 0 N–H and O–H groups in total. The van der Waals surface area contributed by atoms with E-state index in [1.807, 2.05) is 0 Å². The third kappa shape index (κ3) is 3.58. The van der Waals surface area contributed by atoms with Gasteiger partial charge in [0.15, 0.2) is 0 Å². The van der Waals surface area contributed by atoms with Gasteiger partial charge in [-0.2, -0.15) is 4.98 Å². The molecule has 3 aromatic rings. The predicted octanol–water partition coefficient (Wildman–Crippen LogP) is 4.03. The molecule has 0 spiro atoms. The van der Waals surface area contributed by atoms with E-state index in [1.165, 1.54) is 30.3 Å². The van der Waals surface area contributed by atoms with Crippen molar-refractivity contribution in [2.45, 2.75) is 18.8 Å². The lowest BCUT2D eigenvalue weighted by molar-refractivity contribution is 0.0695. The van der Waals surface area contributed by atoms with Crippen LogP contribution in [0.4, 0.5) is 8.78 Å². The number of piperidine rings is 1. The Kier molecular flexibility index (Phi) is 4.66. The standard InChI is InChI=1S/C20H17F2N3O2/c21-15-9-7-13(8-10-15)20(26)25-11-3-4-14(12-25)19-23-18(24-27-19)16-5-1-2-6-17(16)22/h1-2,5-10,14H,3-4,11-12H2. The van der Waals surface area contributed by atoms with Gasteiger partial charge in [0.2, 0.25) is 11.7 Å². The quantitative estimate of drug-likeness (QED) is 0.699. The molecule has 5 nitrogen and oxygen atoms in total. The number of halogens is 2. The number of nitrogens with zero attached hydrogens (tertiary/aromatic N) is 3. The highest BCUT2D eigenvalue weighted by Crippen LogP contribution is 2.29. The average Bonchev–Trinajstić information content (AvgIpc) is 3.18. The summed E-state index contributed by atoms with van der Waals surface area (Å²) in [6.45, 7) is 1.04. The SMILES string of the molecule is O=C(c1ccc(F)cc1)N1CCCC(c2nc(-c3ccccc3F)no2)C1. The van der Waals surface area contributed by atoms with Crippen molar-refractivity contribution < 1.29 is 18.1 Å². The first-order valence-corrected chi connectivity index (χ1v) is 8.75. The van der Waals surface area contributed by atoms with Crippen molar-refractivity contribution in [3.8, 4) is 11.4 Å². The maximum atomic E-state index is 13.9. The molecule has 1 aliphatic heterocycles. The summed E-state index contributed by atoms with van der Waals surface area (Å²) >= 11 is 0. The summed E-state index contributed by atoms with van der Waals surface area (Å²) in [5, 5.41) is 3.89. The number of carbonyl (C=O) groups is 1. The van der Waals surface area contributed by atoms with Crippen LogP contribution >= 0.6 is 0 Å². The highest BCUT2D eigenvalue weighted by Gasteiger charge is 2.29. The van der Waals surface area contributed by atoms with Crippen LogP contribution in [-0.4, -0.2) is 34.0 Å². The van der Waals surface area contributed by atoms with E-state index in [-0.39, 0.29) is 29.0 Å². The molecule has 4 rings (SSSR count). The van der Waals surface area contributed by atoms with Gasteiger partial charge in [0.05, 0.1) is 11.5 Å². The van der Waals surface area contributed by atoms with E-state index < -0.39 is 5.82 Å². The molecule has 0 aliphatic carbocycles. The lowest BCUT2D eigenvalue weighted by Crippen LogP contribution is -2.39. The minimum Gasteiger partial charge on any atom is -0.339 e. The van der Waals surface area contributed by atoms with Crippen LogP contribution in [0.2, 0.25) is 0 Å². The number of likely N-dealkylation sites (tertiary alicyclic amines) is 1. The van der Waals surface area contributed by atoms with Crippen molar-refractivity contribution >= 4 is 5.91 Å². The lowest BCUT2D eigenvalue weighted by atomic mass is 9.97. The predicted molar refractivity (Wildman–Crippen MR) is 94.0 cm³/mol. The van der Waals surface area contributed by atoms with Crippen LogP contribution in [0.15, 0.2) is 53.1 Å². The molecule has 0 bridgehead atoms. The Morgan fingerprint density at radius 1 is 1.11 bits per heavy atom. The van der Waals surface area contributed by atoms with Crippen molar-refractivity contribution in [1.29, 1.82) is 0 Å². The first-order valence-electron chi connectivity index (χ1n) is 8.75. The molecule has 7 heteroatoms. The first-order chi connectivity index (χ1) is 13.1. The fraction of sp³-hybridized carbons (Fsp3) is 0.250. The normalized spacial score (nSPS) is 17.1. The third-order valence-corrected chi connectivity index (χ3v) is 4.71. The minimum atomic E-state index is -0.415. The molecule has 27 heavy (non-hydrogen) atoms. The van der Waals surface area contributed by atoms with Crippen molar-refractivity contribution in [2.24, 2.45) is 0 Å². The molecule has 1 amide bonds. The van der Waals surface area contributed by atoms with E-state index in [2.05, 4.69) is 10.1 Å². The van der Waals surface area contributed by atoms with Gasteiger partial charge in [-0.1, -0.05) is 17.3 Å². The summed E-state index contributed by atoms with van der Waals surface area (Å²) in [6, 6.07) is 11.7. The Labute approximate surface area is 154 Å². The van der Waals surface area contributed by atoms with Gasteiger partial charge in [0, 0.05) is 18.7 Å². The van der Waals surface area contributed by atoms with Gasteiger partial charge in [-0.15, -0.1) is 0 Å². The van der Waals surface area contributed by atoms with E-state index in [0.717, 1.165) is 12.8 Å². The molecule has 0 radical (unpaired) electrons. The van der Waals surface area contributed by atoms with Gasteiger partial charge in [-0.25, -0.2) is 8.78 Å². The molecule has 1 atom stereocenters. The Morgan fingerprint density at radius 2 is 1.89 bits per heavy atom. The molecule has 2 aromatic carbocycles. The second kappa shape index (κ2) is 7.26. The van der Waals surface area contributed by atoms with Gasteiger partial charge < -0.3 is 9.42 Å². The Bertz CT molecular complexity index is 956. The van der Waals surface area contributed by atoms with Gasteiger partial charge in [-0.3, -0.25) is 4.79 Å². The highest BCUT2D eigenvalue weighted by atomic mass is 19.1. The van der Waals surface area contributed by atoms with Gasteiger partial charge in [-0.05, 0) is 49.2 Å². The van der Waals surface area contributed by atoms with Crippen LogP contribution < -0.4 is 0 Å². The van der Waals surface area contributed by atoms with Crippen LogP contribution in [0.5, 0.6) is 0 Å². The van der Waals surface area contributed by atoms with E-state index >= 15 is 0 Å². The molecule has 138 valence electrons. The van der Waals surface area contributed by atoms with Gasteiger partial charge in [0.1, 0.15) is 11.6 Å². The summed E-state index contributed by atoms with van der Waals surface area (Å²) in [4.78, 5) is 18.7. The van der Waals surface area contributed by atoms with E-state index in [9.17, 15) is 13.6 Å². The summed E-state index contributed by atoms with van der Waals surface area (Å²) in [5.41, 5.74) is 0.720. The van der Waals surface area contributed by atoms with E-state index in [4.69, 9.17) is 4.52 Å². The monoisotopic (exact) mass is 369 g/mol. The van der Waals surface area contributed by atoms with Crippen molar-refractivity contribution in [1.82, 2.24) is 15.0 Å². The molecule has 0 saturated carbocycles. The Hall–Kier alpha value is -3.09. The van der Waals surface area contributed by atoms with Crippen molar-refractivity contribution in [3.05, 3.63) is 71.6 Å². The van der Waals surface area contributed by atoms with Gasteiger partial charge in [0.25, 0.3) is 5.91 Å². The first kappa shape index (κ1) is 17.3. The molecule has 1 fully saturated rings. The summed E-state index contributed by atoms with van der Waals surface area (Å²) < 4.78 is 32.3. The number of amides is 1. The van der Waals surface area contributed by atoms with Crippen LogP contribution in [0.3, 0.4) is 0 Å². The highest BCUT2D eigenvalue weighted by molar-refractivity contribution is 5.94. The molecule has 1 saturated heterocycles. The molecular weight excluding hydrogens is 352 g/mol. The van der Waals surface area contributed by atoms with Crippen molar-refractivity contribution in [2.75, 3.05) is 13.1 Å². The largest absolute Gasteiger partial charge is 0.339 e. The summed E-state index contributed by atoms with van der Waals surface area (Å²) in [6.07, 6.45) is 1.58. The zero-order valence-corrected chi connectivity index (χ0v) is 14.4. The topological polar surface area (TPSA) is 59.2 Å². The summed E-state index contributed by atoms with van der Waals surface area (Å²) in [5.74, 6) is -0.476. The van der Waals surface area contributed by atoms with Crippen LogP contribution in [0, 0.1) is 11.6 Å². The molecular formula is C20H17F2N3O2. The lowest BCUT2D eigenvalue weighted by Gasteiger charge is -2.31. The van der Waals surface area contributed by atoms with Crippen molar-refractivity contribution in [3.63, 3.8) is 0 Å². The fourth-order valence-electron chi connectivity index (χ4n) is 3.29. The Morgan fingerprint density at radius 3 is 2.67 bits per heavy atom. The number of rotatable bonds is 3. The minimum absolute atomic E-state index is 0.115.